The molecule has 0 aliphatic carbocycles. The Hall–Kier alpha value is -1.76. The molecule has 0 bridgehead atoms. The topological polar surface area (TPSA) is 89.9 Å². The van der Waals surface area contributed by atoms with Crippen molar-refractivity contribution < 1.29 is 27.8 Å². The highest BCUT2D eigenvalue weighted by molar-refractivity contribution is 7.90. The number of carboxylic acid groups (broad SMARTS) is 1. The van der Waals surface area contributed by atoms with Gasteiger partial charge in [0.15, 0.2) is 21.3 Å². The van der Waals surface area contributed by atoms with E-state index in [2.05, 4.69) is 0 Å². The lowest BCUT2D eigenvalue weighted by molar-refractivity contribution is -0.138. The fraction of sp³-hybridized carbons (Fsp3) is 0.364. The van der Waals surface area contributed by atoms with Crippen LogP contribution in [0.15, 0.2) is 17.0 Å². The average Bonchev–Trinajstić information content (AvgIpc) is 2.71. The van der Waals surface area contributed by atoms with Crippen molar-refractivity contribution in [3.05, 3.63) is 17.7 Å². The summed E-state index contributed by atoms with van der Waals surface area (Å²) in [6, 6.07) is 2.73. The first-order chi connectivity index (χ1) is 8.30. The van der Waals surface area contributed by atoms with Crippen LogP contribution in [0.1, 0.15) is 18.4 Å². The van der Waals surface area contributed by atoms with Crippen molar-refractivity contribution in [2.45, 2.75) is 17.7 Å². The summed E-state index contributed by atoms with van der Waals surface area (Å²) >= 11 is 0. The first-order valence-corrected chi connectivity index (χ1v) is 7.06. The maximum absolute atomic E-state index is 11.7. The monoisotopic (exact) mass is 272 g/mol. The van der Waals surface area contributed by atoms with Crippen LogP contribution >= 0.6 is 0 Å². The third-order valence-corrected chi connectivity index (χ3v) is 3.89. The van der Waals surface area contributed by atoms with Gasteiger partial charge in [-0.2, -0.15) is 0 Å². The first-order valence-electron chi connectivity index (χ1n) is 5.17. The van der Waals surface area contributed by atoms with E-state index in [1.807, 2.05) is 0 Å². The van der Waals surface area contributed by atoms with Crippen molar-refractivity contribution in [3.63, 3.8) is 0 Å². The molecule has 6 nitrogen and oxygen atoms in total. The molecule has 0 amide bonds. The third-order valence-electron chi connectivity index (χ3n) is 2.74. The zero-order chi connectivity index (χ0) is 13.5. The van der Waals surface area contributed by atoms with Crippen LogP contribution < -0.4 is 9.47 Å². The zero-order valence-electron chi connectivity index (χ0n) is 9.84. The predicted molar refractivity (Wildman–Crippen MR) is 61.7 cm³/mol. The fourth-order valence-electron chi connectivity index (χ4n) is 1.73. The van der Waals surface area contributed by atoms with Crippen molar-refractivity contribution in [1.82, 2.24) is 0 Å². The van der Waals surface area contributed by atoms with Crippen LogP contribution in [-0.4, -0.2) is 32.5 Å². The van der Waals surface area contributed by atoms with E-state index in [1.54, 1.807) is 0 Å². The third kappa shape index (κ3) is 2.13. The van der Waals surface area contributed by atoms with Gasteiger partial charge in [0, 0.05) is 12.3 Å². The summed E-state index contributed by atoms with van der Waals surface area (Å²) in [5, 5.41) is 9.01. The quantitative estimate of drug-likeness (QED) is 0.883. The highest BCUT2D eigenvalue weighted by Gasteiger charge is 2.27. The molecular weight excluding hydrogens is 260 g/mol. The molecule has 0 spiro atoms. The van der Waals surface area contributed by atoms with Crippen LogP contribution in [0.3, 0.4) is 0 Å². The molecule has 0 saturated carbocycles. The summed E-state index contributed by atoms with van der Waals surface area (Å²) in [5.74, 6) is -1.36. The maximum atomic E-state index is 11.7. The molecule has 1 atom stereocenters. The second-order valence-electron chi connectivity index (χ2n) is 4.08. The van der Waals surface area contributed by atoms with Crippen molar-refractivity contribution in [1.29, 1.82) is 0 Å². The second kappa shape index (κ2) is 4.16. The van der Waals surface area contributed by atoms with Gasteiger partial charge in [0.1, 0.15) is 0 Å². The minimum atomic E-state index is -3.53. The Morgan fingerprint density at radius 3 is 2.39 bits per heavy atom. The van der Waals surface area contributed by atoms with Crippen LogP contribution in [0, 0.1) is 0 Å². The zero-order valence-corrected chi connectivity index (χ0v) is 10.7. The lowest BCUT2D eigenvalue weighted by Gasteiger charge is -2.12. The Bertz CT molecular complexity index is 604. The molecular formula is C11H12O6S. The van der Waals surface area contributed by atoms with E-state index >= 15 is 0 Å². The van der Waals surface area contributed by atoms with E-state index in [0.29, 0.717) is 11.5 Å². The smallest absolute Gasteiger partial charge is 0.310 e. The molecule has 7 heteroatoms. The average molecular weight is 272 g/mol. The van der Waals surface area contributed by atoms with Crippen molar-refractivity contribution in [2.24, 2.45) is 0 Å². The molecule has 0 fully saturated rings. The molecule has 1 aromatic rings. The normalized spacial score (nSPS) is 15.4. The van der Waals surface area contributed by atoms with Gasteiger partial charge in [0.2, 0.25) is 6.79 Å². The van der Waals surface area contributed by atoms with Crippen LogP contribution in [0.4, 0.5) is 0 Å². The molecule has 2 rings (SSSR count). The minimum Gasteiger partial charge on any atom is -0.481 e. The Kier molecular flexibility index (Phi) is 2.94. The Labute approximate surface area is 104 Å². The van der Waals surface area contributed by atoms with E-state index in [1.165, 1.54) is 19.1 Å². The molecule has 0 saturated heterocycles. The molecule has 0 radical (unpaired) electrons. The number of fused-ring (bicyclic) bond motifs is 1. The fourth-order valence-corrected chi connectivity index (χ4v) is 2.72. The molecule has 1 N–H and O–H groups in total. The molecule has 0 aromatic heterocycles. The van der Waals surface area contributed by atoms with Gasteiger partial charge < -0.3 is 14.6 Å². The Morgan fingerprint density at radius 1 is 1.33 bits per heavy atom. The van der Waals surface area contributed by atoms with E-state index < -0.39 is 21.7 Å². The number of ether oxygens (including phenoxy) is 2. The number of hydrogen-bond acceptors (Lipinski definition) is 5. The van der Waals surface area contributed by atoms with Gasteiger partial charge in [-0.25, -0.2) is 8.42 Å². The van der Waals surface area contributed by atoms with Crippen LogP contribution in [-0.2, 0) is 14.6 Å². The molecule has 1 heterocycles. The van der Waals surface area contributed by atoms with Gasteiger partial charge in [0.25, 0.3) is 0 Å². The van der Waals surface area contributed by atoms with Gasteiger partial charge in [-0.3, -0.25) is 4.79 Å². The lowest BCUT2D eigenvalue weighted by Crippen LogP contribution is -2.12. The number of sulfone groups is 1. The van der Waals surface area contributed by atoms with Gasteiger partial charge in [-0.05, 0) is 18.6 Å². The van der Waals surface area contributed by atoms with E-state index in [9.17, 15) is 13.2 Å². The number of carbonyl (C=O) groups is 1. The molecule has 1 aromatic carbocycles. The highest BCUT2D eigenvalue weighted by atomic mass is 32.2. The Morgan fingerprint density at radius 2 is 1.89 bits per heavy atom. The maximum Gasteiger partial charge on any atom is 0.310 e. The summed E-state index contributed by atoms with van der Waals surface area (Å²) in [7, 11) is -3.53. The molecule has 98 valence electrons. The Balaban J connectivity index is 2.67. The first kappa shape index (κ1) is 12.7. The number of hydrogen-bond donors (Lipinski definition) is 1. The van der Waals surface area contributed by atoms with Crippen LogP contribution in [0.25, 0.3) is 0 Å². The minimum absolute atomic E-state index is 0.00341. The summed E-state index contributed by atoms with van der Waals surface area (Å²) in [6.45, 7) is 1.43. The van der Waals surface area contributed by atoms with E-state index in [4.69, 9.17) is 14.6 Å². The van der Waals surface area contributed by atoms with Crippen molar-refractivity contribution >= 4 is 15.8 Å². The number of carboxylic acids is 1. The summed E-state index contributed by atoms with van der Waals surface area (Å²) < 4.78 is 33.6. The largest absolute Gasteiger partial charge is 0.481 e. The summed E-state index contributed by atoms with van der Waals surface area (Å²) in [4.78, 5) is 11.0. The second-order valence-corrected chi connectivity index (χ2v) is 6.06. The van der Waals surface area contributed by atoms with E-state index in [-0.39, 0.29) is 17.3 Å². The van der Waals surface area contributed by atoms with Gasteiger partial charge >= 0.3 is 5.97 Å². The van der Waals surface area contributed by atoms with Crippen LogP contribution in [0.2, 0.25) is 0 Å². The van der Waals surface area contributed by atoms with Crippen molar-refractivity contribution in [2.75, 3.05) is 13.0 Å². The standard InChI is InChI=1S/C11H12O6S/c1-6(11(12)13)7-3-8-9(17-5-16-8)4-10(7)18(2,14)15/h3-4,6H,5H2,1-2H3,(H,12,13). The van der Waals surface area contributed by atoms with Gasteiger partial charge in [-0.1, -0.05) is 0 Å². The number of rotatable bonds is 3. The summed E-state index contributed by atoms with van der Waals surface area (Å²) in [5.41, 5.74) is 0.203. The molecule has 1 aliphatic rings. The van der Waals surface area contributed by atoms with Gasteiger partial charge in [0.05, 0.1) is 10.8 Å². The predicted octanol–water partition coefficient (Wildman–Crippen LogP) is 1.01. The summed E-state index contributed by atoms with van der Waals surface area (Å²) in [6.07, 6.45) is 1.03. The lowest BCUT2D eigenvalue weighted by atomic mass is 10.0. The van der Waals surface area contributed by atoms with Crippen molar-refractivity contribution in [3.8, 4) is 11.5 Å². The number of aliphatic carboxylic acids is 1. The van der Waals surface area contributed by atoms with Gasteiger partial charge in [-0.15, -0.1) is 0 Å². The molecule has 18 heavy (non-hydrogen) atoms. The molecule has 1 unspecified atom stereocenters. The highest BCUT2D eigenvalue weighted by Crippen LogP contribution is 2.39. The number of benzene rings is 1. The SMILES string of the molecule is CC(C(=O)O)c1cc2c(cc1S(C)(=O)=O)OCO2. The van der Waals surface area contributed by atoms with Crippen LogP contribution in [0.5, 0.6) is 11.5 Å². The van der Waals surface area contributed by atoms with E-state index in [0.717, 1.165) is 6.26 Å². The molecule has 1 aliphatic heterocycles.